The number of piperidine rings is 1. The van der Waals surface area contributed by atoms with Gasteiger partial charge in [-0.05, 0) is 64.3 Å². The lowest BCUT2D eigenvalue weighted by Gasteiger charge is -2.34. The number of hydrogen-bond acceptors (Lipinski definition) is 6. The molecule has 0 aliphatic carbocycles. The zero-order chi connectivity index (χ0) is 22.5. The van der Waals surface area contributed by atoms with Crippen LogP contribution in [0.25, 0.3) is 0 Å². The van der Waals surface area contributed by atoms with E-state index >= 15 is 0 Å². The van der Waals surface area contributed by atoms with Gasteiger partial charge in [0.25, 0.3) is 0 Å². The second kappa shape index (κ2) is 9.76. The first kappa shape index (κ1) is 24.1. The van der Waals surface area contributed by atoms with Crippen LogP contribution in [0, 0.1) is 5.92 Å². The minimum Gasteiger partial charge on any atom is -0.444 e. The van der Waals surface area contributed by atoms with Crippen LogP contribution in [0.4, 0.5) is 10.5 Å². The fourth-order valence-corrected chi connectivity index (χ4v) is 3.96. The Kier molecular flexibility index (Phi) is 7.84. The van der Waals surface area contributed by atoms with Gasteiger partial charge in [0.2, 0.25) is 15.9 Å². The van der Waals surface area contributed by atoms with E-state index in [0.29, 0.717) is 18.8 Å². The highest BCUT2D eigenvalue weighted by atomic mass is 32.2. The molecule has 1 fully saturated rings. The predicted octanol–water partition coefficient (Wildman–Crippen LogP) is 1.85. The molecule has 1 aromatic rings. The number of nitrogens with zero attached hydrogens (tertiary/aromatic N) is 2. The molecule has 1 atom stereocenters. The first-order chi connectivity index (χ1) is 13.8. The maximum Gasteiger partial charge on any atom is 0.410 e. The summed E-state index contributed by atoms with van der Waals surface area (Å²) in [6.07, 6.45) is 1.55. The van der Waals surface area contributed by atoms with Gasteiger partial charge in [0.1, 0.15) is 5.60 Å². The molecule has 10 heteroatoms. The molecule has 0 radical (unpaired) electrons. The fourth-order valence-electron chi connectivity index (χ4n) is 3.40. The van der Waals surface area contributed by atoms with Crippen molar-refractivity contribution in [1.29, 1.82) is 0 Å². The van der Waals surface area contributed by atoms with Crippen LogP contribution in [0.1, 0.15) is 33.6 Å². The van der Waals surface area contributed by atoms with Crippen LogP contribution in [-0.2, 0) is 19.6 Å². The summed E-state index contributed by atoms with van der Waals surface area (Å²) in [6, 6.07) is 5.85. The van der Waals surface area contributed by atoms with E-state index < -0.39 is 15.6 Å². The Labute approximate surface area is 178 Å². The molecule has 30 heavy (non-hydrogen) atoms. The number of nitrogens with two attached hydrogens (primary N) is 1. The summed E-state index contributed by atoms with van der Waals surface area (Å²) in [7, 11) is -2.11. The van der Waals surface area contributed by atoms with E-state index in [1.54, 1.807) is 18.0 Å². The van der Waals surface area contributed by atoms with Crippen LogP contribution < -0.4 is 10.5 Å². The SMILES string of the molecule is CN(CC1CCCN(CC(=O)Nc2cccc(S(N)(=O)=O)c2)C1)C(=O)OC(C)(C)C. The summed E-state index contributed by atoms with van der Waals surface area (Å²) in [4.78, 5) is 28.2. The Morgan fingerprint density at radius 2 is 2.03 bits per heavy atom. The molecular weight excluding hydrogens is 408 g/mol. The fraction of sp³-hybridized carbons (Fsp3) is 0.600. The van der Waals surface area contributed by atoms with E-state index in [1.807, 2.05) is 25.7 Å². The third-order valence-corrected chi connectivity index (χ3v) is 5.56. The zero-order valence-electron chi connectivity index (χ0n) is 18.1. The number of likely N-dealkylation sites (tertiary alicyclic amines) is 1. The Hall–Kier alpha value is -2.17. The number of benzene rings is 1. The topological polar surface area (TPSA) is 122 Å². The second-order valence-corrected chi connectivity index (χ2v) is 10.3. The molecular formula is C20H32N4O5S. The Morgan fingerprint density at radius 3 is 2.67 bits per heavy atom. The highest BCUT2D eigenvalue weighted by Crippen LogP contribution is 2.19. The van der Waals surface area contributed by atoms with Gasteiger partial charge < -0.3 is 15.0 Å². The molecule has 2 rings (SSSR count). The number of rotatable bonds is 6. The van der Waals surface area contributed by atoms with Crippen molar-refractivity contribution < 1.29 is 22.7 Å². The number of hydrogen-bond donors (Lipinski definition) is 2. The molecule has 1 heterocycles. The van der Waals surface area contributed by atoms with Crippen molar-refractivity contribution in [2.75, 3.05) is 38.5 Å². The average molecular weight is 441 g/mol. The van der Waals surface area contributed by atoms with Crippen LogP contribution in [0.5, 0.6) is 0 Å². The molecule has 3 N–H and O–H groups in total. The van der Waals surface area contributed by atoms with Gasteiger partial charge in [0.15, 0.2) is 0 Å². The summed E-state index contributed by atoms with van der Waals surface area (Å²) in [5.74, 6) is 0.0116. The van der Waals surface area contributed by atoms with Crippen LogP contribution >= 0.6 is 0 Å². The van der Waals surface area contributed by atoms with Crippen molar-refractivity contribution in [2.24, 2.45) is 11.1 Å². The normalized spacial score (nSPS) is 18.0. The van der Waals surface area contributed by atoms with Gasteiger partial charge in [-0.1, -0.05) is 6.07 Å². The number of ether oxygens (including phenoxy) is 1. The predicted molar refractivity (Wildman–Crippen MR) is 114 cm³/mol. The minimum atomic E-state index is -3.83. The third kappa shape index (κ3) is 7.92. The highest BCUT2D eigenvalue weighted by Gasteiger charge is 2.26. The molecule has 1 saturated heterocycles. The molecule has 0 bridgehead atoms. The molecule has 0 spiro atoms. The lowest BCUT2D eigenvalue weighted by molar-refractivity contribution is -0.117. The summed E-state index contributed by atoms with van der Waals surface area (Å²) < 4.78 is 28.3. The standard InChI is InChI=1S/C20H32N4O5S/c1-20(2,3)29-19(26)23(4)12-15-7-6-10-24(13-15)14-18(25)22-16-8-5-9-17(11-16)30(21,27)28/h5,8-9,11,15H,6-7,10,12-14H2,1-4H3,(H,22,25)(H2,21,27,28). The highest BCUT2D eigenvalue weighted by molar-refractivity contribution is 7.89. The molecule has 9 nitrogen and oxygen atoms in total. The number of nitrogens with one attached hydrogen (secondary N) is 1. The summed E-state index contributed by atoms with van der Waals surface area (Å²) in [5, 5.41) is 7.85. The van der Waals surface area contributed by atoms with Crippen molar-refractivity contribution in [3.8, 4) is 0 Å². The Balaban J connectivity index is 1.87. The van der Waals surface area contributed by atoms with Gasteiger partial charge in [-0.25, -0.2) is 18.4 Å². The molecule has 0 aromatic heterocycles. The molecule has 168 valence electrons. The van der Waals surface area contributed by atoms with Gasteiger partial charge in [0.05, 0.1) is 11.4 Å². The molecule has 1 unspecified atom stereocenters. The quantitative estimate of drug-likeness (QED) is 0.696. The van der Waals surface area contributed by atoms with Crippen LogP contribution in [0.3, 0.4) is 0 Å². The van der Waals surface area contributed by atoms with E-state index in [0.717, 1.165) is 19.4 Å². The molecule has 1 aromatic carbocycles. The lowest BCUT2D eigenvalue weighted by atomic mass is 9.97. The molecule has 1 aliphatic heterocycles. The van der Waals surface area contributed by atoms with Crippen molar-refractivity contribution in [2.45, 2.75) is 44.1 Å². The van der Waals surface area contributed by atoms with Crippen molar-refractivity contribution in [3.63, 3.8) is 0 Å². The first-order valence-corrected chi connectivity index (χ1v) is 11.5. The number of carbonyl (C=O) groups excluding carboxylic acids is 2. The average Bonchev–Trinajstić information content (AvgIpc) is 2.60. The number of sulfonamides is 1. The van der Waals surface area contributed by atoms with Crippen LogP contribution in [0.2, 0.25) is 0 Å². The minimum absolute atomic E-state index is 0.0523. The van der Waals surface area contributed by atoms with Gasteiger partial charge in [0, 0.05) is 25.8 Å². The van der Waals surface area contributed by atoms with Gasteiger partial charge in [-0.3, -0.25) is 9.69 Å². The van der Waals surface area contributed by atoms with E-state index in [9.17, 15) is 18.0 Å². The van der Waals surface area contributed by atoms with Crippen LogP contribution in [0.15, 0.2) is 29.2 Å². The van der Waals surface area contributed by atoms with E-state index in [2.05, 4.69) is 5.32 Å². The zero-order valence-corrected chi connectivity index (χ0v) is 18.9. The molecule has 0 saturated carbocycles. The number of anilines is 1. The Bertz CT molecular complexity index is 866. The van der Waals surface area contributed by atoms with Gasteiger partial charge in [-0.2, -0.15) is 0 Å². The van der Waals surface area contributed by atoms with E-state index in [1.165, 1.54) is 18.2 Å². The van der Waals surface area contributed by atoms with E-state index in [4.69, 9.17) is 9.88 Å². The number of primary sulfonamides is 1. The first-order valence-electron chi connectivity index (χ1n) is 9.93. The van der Waals surface area contributed by atoms with Crippen molar-refractivity contribution in [3.05, 3.63) is 24.3 Å². The number of carbonyl (C=O) groups is 2. The third-order valence-electron chi connectivity index (χ3n) is 4.65. The van der Waals surface area contributed by atoms with Crippen LogP contribution in [-0.4, -0.2) is 69.0 Å². The molecule has 1 aliphatic rings. The second-order valence-electron chi connectivity index (χ2n) is 8.73. The maximum atomic E-state index is 12.4. The summed E-state index contributed by atoms with van der Waals surface area (Å²) >= 11 is 0. The smallest absolute Gasteiger partial charge is 0.410 e. The largest absolute Gasteiger partial charge is 0.444 e. The van der Waals surface area contributed by atoms with E-state index in [-0.39, 0.29) is 29.4 Å². The maximum absolute atomic E-state index is 12.4. The van der Waals surface area contributed by atoms with Gasteiger partial charge >= 0.3 is 6.09 Å². The van der Waals surface area contributed by atoms with Crippen molar-refractivity contribution in [1.82, 2.24) is 9.80 Å². The molecule has 2 amide bonds. The summed E-state index contributed by atoms with van der Waals surface area (Å²) in [5.41, 5.74) is -0.160. The van der Waals surface area contributed by atoms with Gasteiger partial charge in [-0.15, -0.1) is 0 Å². The van der Waals surface area contributed by atoms with Crippen molar-refractivity contribution >= 4 is 27.7 Å². The summed E-state index contributed by atoms with van der Waals surface area (Å²) in [6.45, 7) is 7.72. The lowest BCUT2D eigenvalue weighted by Crippen LogP contribution is -2.45. The monoisotopic (exact) mass is 440 g/mol. The Morgan fingerprint density at radius 1 is 1.33 bits per heavy atom. The number of amides is 2.